The molecule has 0 N–H and O–H groups in total. The number of aryl methyl sites for hydroxylation is 1. The molecule has 1 aromatic carbocycles. The Morgan fingerprint density at radius 3 is 2.76 bits per heavy atom. The molecule has 8 heteroatoms. The van der Waals surface area contributed by atoms with E-state index >= 15 is 0 Å². The number of nitrogens with zero attached hydrogens (tertiary/aromatic N) is 2. The highest BCUT2D eigenvalue weighted by atomic mass is 32.2. The lowest BCUT2D eigenvalue weighted by Gasteiger charge is -2.22. The Morgan fingerprint density at radius 1 is 1.48 bits per heavy atom. The number of carbonyl (C=O) groups is 1. The van der Waals surface area contributed by atoms with E-state index in [-0.39, 0.29) is 17.5 Å². The summed E-state index contributed by atoms with van der Waals surface area (Å²) in [5.74, 6) is 1.13. The molecule has 21 heavy (non-hydrogen) atoms. The quantitative estimate of drug-likeness (QED) is 0.625. The second kappa shape index (κ2) is 6.31. The molecule has 1 saturated heterocycles. The van der Waals surface area contributed by atoms with Crippen molar-refractivity contribution in [2.24, 2.45) is 0 Å². The van der Waals surface area contributed by atoms with Gasteiger partial charge in [0, 0.05) is 25.0 Å². The molecular formula is C13H16N2O5S. The Labute approximate surface area is 126 Å². The largest absolute Gasteiger partial charge is 0.496 e. The normalized spacial score (nSPS) is 17.9. The molecule has 0 unspecified atom stereocenters. The zero-order valence-corrected chi connectivity index (χ0v) is 12.8. The molecule has 1 aromatic rings. The fraction of sp³-hybridized carbons (Fsp3) is 0.462. The minimum Gasteiger partial charge on any atom is -0.496 e. The van der Waals surface area contributed by atoms with Gasteiger partial charge in [-0.2, -0.15) is 0 Å². The number of carbonyl (C=O) groups excluding carboxylic acids is 1. The Bertz CT molecular complexity index is 578. The number of methoxy groups -OCH3 is 2. The van der Waals surface area contributed by atoms with E-state index < -0.39 is 10.8 Å². The smallest absolute Gasteiger partial charge is 0.282 e. The predicted octanol–water partition coefficient (Wildman–Crippen LogP) is 2.03. The minimum absolute atomic E-state index is 0.0204. The summed E-state index contributed by atoms with van der Waals surface area (Å²) in [7, 11) is 2.98. The first-order chi connectivity index (χ1) is 9.99. The first-order valence-corrected chi connectivity index (χ1v) is 7.39. The van der Waals surface area contributed by atoms with Gasteiger partial charge in [0.15, 0.2) is 0 Å². The van der Waals surface area contributed by atoms with Crippen LogP contribution in [0.5, 0.6) is 5.75 Å². The third-order valence-corrected chi connectivity index (χ3v) is 4.29. The van der Waals surface area contributed by atoms with E-state index in [2.05, 4.69) is 0 Å². The van der Waals surface area contributed by atoms with Crippen LogP contribution in [0.3, 0.4) is 0 Å². The number of nitro benzene ring substituents is 1. The molecule has 1 amide bonds. The van der Waals surface area contributed by atoms with Gasteiger partial charge < -0.3 is 14.4 Å². The van der Waals surface area contributed by atoms with Crippen LogP contribution in [0.4, 0.5) is 5.69 Å². The van der Waals surface area contributed by atoms with Crippen LogP contribution in [-0.4, -0.2) is 47.8 Å². The van der Waals surface area contributed by atoms with E-state index in [9.17, 15) is 14.9 Å². The van der Waals surface area contributed by atoms with Crippen molar-refractivity contribution < 1.29 is 19.2 Å². The molecule has 0 radical (unpaired) electrons. The van der Waals surface area contributed by atoms with Crippen LogP contribution < -0.4 is 4.74 Å². The highest BCUT2D eigenvalue weighted by Crippen LogP contribution is 2.31. The fourth-order valence-corrected chi connectivity index (χ4v) is 3.28. The van der Waals surface area contributed by atoms with Gasteiger partial charge >= 0.3 is 0 Å². The van der Waals surface area contributed by atoms with E-state index in [4.69, 9.17) is 9.47 Å². The van der Waals surface area contributed by atoms with Crippen LogP contribution >= 0.6 is 11.8 Å². The van der Waals surface area contributed by atoms with Crippen molar-refractivity contribution in [3.8, 4) is 5.75 Å². The van der Waals surface area contributed by atoms with Crippen molar-refractivity contribution in [1.29, 1.82) is 0 Å². The molecule has 0 aromatic heterocycles. The second-order valence-electron chi connectivity index (χ2n) is 4.56. The van der Waals surface area contributed by atoms with Crippen molar-refractivity contribution in [2.45, 2.75) is 13.2 Å². The molecule has 0 saturated carbocycles. The summed E-state index contributed by atoms with van der Waals surface area (Å²) >= 11 is 1.54. The van der Waals surface area contributed by atoms with Crippen LogP contribution in [-0.2, 0) is 4.74 Å². The third-order valence-electron chi connectivity index (χ3n) is 3.31. The van der Waals surface area contributed by atoms with Crippen LogP contribution in [0, 0.1) is 17.0 Å². The zero-order valence-electron chi connectivity index (χ0n) is 12.0. The van der Waals surface area contributed by atoms with Crippen molar-refractivity contribution in [3.05, 3.63) is 33.4 Å². The monoisotopic (exact) mass is 312 g/mol. The molecule has 1 fully saturated rings. The Kier molecular flexibility index (Phi) is 4.69. The van der Waals surface area contributed by atoms with Crippen LogP contribution in [0.1, 0.15) is 15.9 Å². The summed E-state index contributed by atoms with van der Waals surface area (Å²) in [5, 5.41) is 11.2. The highest BCUT2D eigenvalue weighted by molar-refractivity contribution is 7.99. The molecule has 2 rings (SSSR count). The van der Waals surface area contributed by atoms with Gasteiger partial charge in [0.25, 0.3) is 11.6 Å². The minimum atomic E-state index is -0.551. The zero-order chi connectivity index (χ0) is 15.6. The summed E-state index contributed by atoms with van der Waals surface area (Å²) < 4.78 is 10.4. The van der Waals surface area contributed by atoms with Gasteiger partial charge in [-0.25, -0.2) is 0 Å². The summed E-state index contributed by atoms with van der Waals surface area (Å²) in [6, 6.07) is 2.78. The summed E-state index contributed by atoms with van der Waals surface area (Å²) in [6.07, 6.45) is -0.366. The maximum Gasteiger partial charge on any atom is 0.282 e. The molecule has 0 bridgehead atoms. The van der Waals surface area contributed by atoms with E-state index in [1.807, 2.05) is 0 Å². The van der Waals surface area contributed by atoms with E-state index in [1.165, 1.54) is 31.3 Å². The Morgan fingerprint density at radius 2 is 2.19 bits per heavy atom. The molecular weight excluding hydrogens is 296 g/mol. The Hall–Kier alpha value is -1.80. The highest BCUT2D eigenvalue weighted by Gasteiger charge is 2.34. The fourth-order valence-electron chi connectivity index (χ4n) is 2.18. The number of hydrogen-bond donors (Lipinski definition) is 0. The SMILES string of the molecule is COc1cc(C(=O)N2CSC[C@H]2OC)c([N+](=O)[O-])cc1C. The van der Waals surface area contributed by atoms with Crippen molar-refractivity contribution >= 4 is 23.4 Å². The van der Waals surface area contributed by atoms with Crippen LogP contribution in [0.2, 0.25) is 0 Å². The van der Waals surface area contributed by atoms with E-state index in [0.29, 0.717) is 22.9 Å². The number of ether oxygens (including phenoxy) is 2. The lowest BCUT2D eigenvalue weighted by Crippen LogP contribution is -2.38. The van der Waals surface area contributed by atoms with Crippen molar-refractivity contribution in [2.75, 3.05) is 25.8 Å². The number of amides is 1. The van der Waals surface area contributed by atoms with Crippen LogP contribution in [0.25, 0.3) is 0 Å². The van der Waals surface area contributed by atoms with Gasteiger partial charge in [-0.1, -0.05) is 0 Å². The average Bonchev–Trinajstić information content (AvgIpc) is 2.94. The first kappa shape index (κ1) is 15.6. The van der Waals surface area contributed by atoms with Gasteiger partial charge in [-0.05, 0) is 12.5 Å². The van der Waals surface area contributed by atoms with Crippen molar-refractivity contribution in [3.63, 3.8) is 0 Å². The predicted molar refractivity (Wildman–Crippen MR) is 78.7 cm³/mol. The van der Waals surface area contributed by atoms with Gasteiger partial charge in [0.1, 0.15) is 17.5 Å². The average molecular weight is 312 g/mol. The number of rotatable bonds is 4. The number of thioether (sulfide) groups is 1. The van der Waals surface area contributed by atoms with Gasteiger partial charge in [-0.3, -0.25) is 14.9 Å². The van der Waals surface area contributed by atoms with E-state index in [1.54, 1.807) is 18.7 Å². The maximum absolute atomic E-state index is 12.6. The van der Waals surface area contributed by atoms with E-state index in [0.717, 1.165) is 0 Å². The maximum atomic E-state index is 12.6. The first-order valence-electron chi connectivity index (χ1n) is 6.24. The molecule has 7 nitrogen and oxygen atoms in total. The molecule has 1 heterocycles. The molecule has 0 spiro atoms. The molecule has 1 atom stereocenters. The second-order valence-corrected chi connectivity index (χ2v) is 5.56. The van der Waals surface area contributed by atoms with Crippen LogP contribution in [0.15, 0.2) is 12.1 Å². The summed E-state index contributed by atoms with van der Waals surface area (Å²) in [6.45, 7) is 1.70. The number of hydrogen-bond acceptors (Lipinski definition) is 6. The lowest BCUT2D eigenvalue weighted by molar-refractivity contribution is -0.385. The molecule has 1 aliphatic heterocycles. The van der Waals surface area contributed by atoms with Gasteiger partial charge in [-0.15, -0.1) is 11.8 Å². The summed E-state index contributed by atoms with van der Waals surface area (Å²) in [4.78, 5) is 24.7. The number of nitro groups is 1. The van der Waals surface area contributed by atoms with Gasteiger partial charge in [0.05, 0.1) is 17.9 Å². The van der Waals surface area contributed by atoms with Crippen molar-refractivity contribution in [1.82, 2.24) is 4.90 Å². The lowest BCUT2D eigenvalue weighted by atomic mass is 10.1. The standard InChI is InChI=1S/C13H16N2O5S/c1-8-4-10(15(17)18)9(5-11(8)19-2)13(16)14-7-21-6-12(14)20-3/h4-5,12H,6-7H2,1-3H3/t12-/m1/s1. The number of benzene rings is 1. The molecule has 0 aliphatic carbocycles. The molecule has 114 valence electrons. The summed E-state index contributed by atoms with van der Waals surface area (Å²) in [5.41, 5.74) is 0.414. The third kappa shape index (κ3) is 2.96. The topological polar surface area (TPSA) is 81.9 Å². The molecule has 1 aliphatic rings. The Balaban J connectivity index is 2.46. The van der Waals surface area contributed by atoms with Gasteiger partial charge in [0.2, 0.25) is 0 Å².